The first kappa shape index (κ1) is 18.2. The second kappa shape index (κ2) is 8.29. The first-order valence-electron chi connectivity index (χ1n) is 9.94. The number of aromatic nitrogens is 3. The molecular weight excluding hydrogens is 378 g/mol. The third-order valence-electron chi connectivity index (χ3n) is 5.01. The van der Waals surface area contributed by atoms with Gasteiger partial charge in [0, 0.05) is 29.7 Å². The van der Waals surface area contributed by atoms with Gasteiger partial charge in [-0.2, -0.15) is 0 Å². The predicted molar refractivity (Wildman–Crippen MR) is 113 cm³/mol. The monoisotopic (exact) mass is 399 g/mol. The molecule has 0 saturated heterocycles. The molecule has 0 fully saturated rings. The summed E-state index contributed by atoms with van der Waals surface area (Å²) < 4.78 is 19.2. The summed E-state index contributed by atoms with van der Waals surface area (Å²) in [6.45, 7) is 1.31. The minimum absolute atomic E-state index is 0.335. The molecule has 0 aliphatic carbocycles. The van der Waals surface area contributed by atoms with Crippen molar-refractivity contribution in [3.63, 3.8) is 0 Å². The van der Waals surface area contributed by atoms with Gasteiger partial charge in [-0.05, 0) is 30.5 Å². The Morgan fingerprint density at radius 1 is 0.967 bits per heavy atom. The zero-order chi connectivity index (χ0) is 20.2. The van der Waals surface area contributed by atoms with Crippen LogP contribution in [-0.4, -0.2) is 14.5 Å². The molecule has 6 heteroatoms. The van der Waals surface area contributed by atoms with Gasteiger partial charge in [-0.1, -0.05) is 36.4 Å². The minimum atomic E-state index is 0.335. The van der Waals surface area contributed by atoms with Gasteiger partial charge in [0.05, 0.1) is 12.6 Å². The molecule has 2 aromatic carbocycles. The Kier molecular flexibility index (Phi) is 5.04. The van der Waals surface area contributed by atoms with Gasteiger partial charge in [0.25, 0.3) is 5.89 Å². The Morgan fingerprint density at radius 3 is 2.73 bits per heavy atom. The van der Waals surface area contributed by atoms with Crippen molar-refractivity contribution < 1.29 is 13.6 Å². The van der Waals surface area contributed by atoms with Crippen molar-refractivity contribution in [2.45, 2.75) is 26.0 Å². The van der Waals surface area contributed by atoms with Gasteiger partial charge >= 0.3 is 0 Å². The van der Waals surface area contributed by atoms with Crippen molar-refractivity contribution in [2.75, 3.05) is 0 Å². The van der Waals surface area contributed by atoms with Crippen LogP contribution in [0.4, 0.5) is 0 Å². The van der Waals surface area contributed by atoms with Gasteiger partial charge in [0.1, 0.15) is 24.3 Å². The molecule has 3 aromatic heterocycles. The third kappa shape index (κ3) is 3.98. The van der Waals surface area contributed by atoms with Crippen molar-refractivity contribution in [2.24, 2.45) is 0 Å². The highest BCUT2D eigenvalue weighted by Crippen LogP contribution is 2.30. The molecule has 6 nitrogen and oxygen atoms in total. The van der Waals surface area contributed by atoms with Crippen LogP contribution >= 0.6 is 0 Å². The molecule has 0 saturated carbocycles. The highest BCUT2D eigenvalue weighted by Gasteiger charge is 2.14. The van der Waals surface area contributed by atoms with Gasteiger partial charge in [0.15, 0.2) is 5.76 Å². The molecule has 3 heterocycles. The van der Waals surface area contributed by atoms with Crippen molar-refractivity contribution in [1.29, 1.82) is 0 Å². The molecule has 0 N–H and O–H groups in total. The van der Waals surface area contributed by atoms with E-state index in [4.69, 9.17) is 13.6 Å². The van der Waals surface area contributed by atoms with Gasteiger partial charge < -0.3 is 18.1 Å². The van der Waals surface area contributed by atoms with E-state index in [1.54, 1.807) is 18.7 Å². The quantitative estimate of drug-likeness (QED) is 0.345. The van der Waals surface area contributed by atoms with E-state index in [0.717, 1.165) is 41.6 Å². The fraction of sp³-hybridized carbons (Fsp3) is 0.167. The number of hydrogen-bond acceptors (Lipinski definition) is 5. The summed E-state index contributed by atoms with van der Waals surface area (Å²) in [5, 5.41) is 2.00. The van der Waals surface area contributed by atoms with E-state index in [9.17, 15) is 0 Å². The number of imidazole rings is 1. The topological polar surface area (TPSA) is 66.2 Å². The van der Waals surface area contributed by atoms with E-state index < -0.39 is 0 Å². The lowest BCUT2D eigenvalue weighted by Gasteiger charge is -2.06. The van der Waals surface area contributed by atoms with Crippen LogP contribution in [0.2, 0.25) is 0 Å². The van der Waals surface area contributed by atoms with Crippen molar-refractivity contribution >= 4 is 10.8 Å². The SMILES string of the molecule is c1ccc2c(-c3nc(COc4ccc(CCCn5ccnc5)cc4)co3)occ2c1. The molecule has 0 spiro atoms. The lowest BCUT2D eigenvalue weighted by atomic mass is 10.1. The molecule has 0 radical (unpaired) electrons. The van der Waals surface area contributed by atoms with Gasteiger partial charge in [0.2, 0.25) is 0 Å². The molecular formula is C24H21N3O3. The third-order valence-corrected chi connectivity index (χ3v) is 5.01. The Labute approximate surface area is 173 Å². The molecule has 0 amide bonds. The number of hydrogen-bond donors (Lipinski definition) is 0. The maximum atomic E-state index is 5.86. The van der Waals surface area contributed by atoms with Crippen LogP contribution in [-0.2, 0) is 19.6 Å². The minimum Gasteiger partial charge on any atom is -0.487 e. The maximum Gasteiger partial charge on any atom is 0.263 e. The van der Waals surface area contributed by atoms with E-state index in [1.807, 2.05) is 48.9 Å². The smallest absolute Gasteiger partial charge is 0.263 e. The number of oxazole rings is 1. The van der Waals surface area contributed by atoms with Crippen molar-refractivity contribution in [3.8, 4) is 17.4 Å². The first-order valence-corrected chi connectivity index (χ1v) is 9.94. The van der Waals surface area contributed by atoms with Crippen molar-refractivity contribution in [3.05, 3.63) is 91.0 Å². The second-order valence-corrected chi connectivity index (χ2v) is 7.13. The van der Waals surface area contributed by atoms with E-state index in [0.29, 0.717) is 18.3 Å². The van der Waals surface area contributed by atoms with Gasteiger partial charge in [-0.15, -0.1) is 0 Å². The summed E-state index contributed by atoms with van der Waals surface area (Å²) in [7, 11) is 0. The number of fused-ring (bicyclic) bond motifs is 1. The normalized spacial score (nSPS) is 11.2. The molecule has 0 aliphatic heterocycles. The molecule has 0 unspecified atom stereocenters. The number of furan rings is 1. The van der Waals surface area contributed by atoms with Crippen LogP contribution in [0, 0.1) is 0 Å². The predicted octanol–water partition coefficient (Wildman–Crippen LogP) is 5.50. The lowest BCUT2D eigenvalue weighted by molar-refractivity contribution is 0.301. The Balaban J connectivity index is 1.16. The first-order chi connectivity index (χ1) is 14.8. The molecule has 30 heavy (non-hydrogen) atoms. The molecule has 150 valence electrons. The lowest BCUT2D eigenvalue weighted by Crippen LogP contribution is -1.98. The van der Waals surface area contributed by atoms with Gasteiger partial charge in [-0.3, -0.25) is 0 Å². The van der Waals surface area contributed by atoms with E-state index in [2.05, 4.69) is 26.7 Å². The van der Waals surface area contributed by atoms with E-state index in [-0.39, 0.29) is 0 Å². The zero-order valence-corrected chi connectivity index (χ0v) is 16.4. The number of rotatable bonds is 8. The average molecular weight is 399 g/mol. The maximum absolute atomic E-state index is 5.86. The molecule has 0 atom stereocenters. The van der Waals surface area contributed by atoms with Crippen LogP contribution in [0.5, 0.6) is 5.75 Å². The molecule has 0 bridgehead atoms. The number of benzene rings is 2. The Morgan fingerprint density at radius 2 is 1.87 bits per heavy atom. The van der Waals surface area contributed by atoms with Crippen molar-refractivity contribution in [1.82, 2.24) is 14.5 Å². The largest absolute Gasteiger partial charge is 0.487 e. The zero-order valence-electron chi connectivity index (χ0n) is 16.4. The summed E-state index contributed by atoms with van der Waals surface area (Å²) in [5.74, 6) is 1.90. The van der Waals surface area contributed by atoms with Crippen LogP contribution in [0.1, 0.15) is 17.7 Å². The fourth-order valence-corrected chi connectivity index (χ4v) is 3.43. The summed E-state index contributed by atoms with van der Waals surface area (Å²) in [6, 6.07) is 16.1. The van der Waals surface area contributed by atoms with E-state index >= 15 is 0 Å². The molecule has 5 rings (SSSR count). The van der Waals surface area contributed by atoms with Crippen LogP contribution in [0.25, 0.3) is 22.4 Å². The Hall–Kier alpha value is -3.80. The highest BCUT2D eigenvalue weighted by molar-refractivity contribution is 5.92. The Bertz CT molecular complexity index is 1220. The number of aryl methyl sites for hydroxylation is 2. The highest BCUT2D eigenvalue weighted by atomic mass is 16.5. The molecule has 5 aromatic rings. The average Bonchev–Trinajstić information content (AvgIpc) is 3.54. The summed E-state index contributed by atoms with van der Waals surface area (Å²) >= 11 is 0. The number of ether oxygens (including phenoxy) is 1. The fourth-order valence-electron chi connectivity index (χ4n) is 3.43. The number of nitrogens with zero attached hydrogens (tertiary/aromatic N) is 3. The summed E-state index contributed by atoms with van der Waals surface area (Å²) in [5.41, 5.74) is 2.01. The van der Waals surface area contributed by atoms with E-state index in [1.165, 1.54) is 5.56 Å². The van der Waals surface area contributed by atoms with Crippen LogP contribution in [0.3, 0.4) is 0 Å². The second-order valence-electron chi connectivity index (χ2n) is 7.13. The standard InChI is InChI=1S/C24H21N3O3/c1-2-6-22-19(5-1)14-29-23(22)24-26-20(16-30-24)15-28-21-9-7-18(8-10-21)4-3-12-27-13-11-25-17-27/h1-2,5-11,13-14,16-17H,3-4,12,15H2. The van der Waals surface area contributed by atoms with Crippen LogP contribution < -0.4 is 4.74 Å². The molecule has 0 aliphatic rings. The van der Waals surface area contributed by atoms with Gasteiger partial charge in [-0.25, -0.2) is 9.97 Å². The summed E-state index contributed by atoms with van der Waals surface area (Å²) in [6.07, 6.45) is 11.0. The summed E-state index contributed by atoms with van der Waals surface area (Å²) in [4.78, 5) is 8.57. The van der Waals surface area contributed by atoms with Crippen LogP contribution in [0.15, 0.2) is 88.6 Å².